The van der Waals surface area contributed by atoms with E-state index < -0.39 is 0 Å². The van der Waals surface area contributed by atoms with Gasteiger partial charge in [-0.3, -0.25) is 9.59 Å². The summed E-state index contributed by atoms with van der Waals surface area (Å²) in [4.78, 5) is 23.4. The molecule has 2 amide bonds. The number of fused-ring (bicyclic) bond motifs is 2. The molecule has 2 unspecified atom stereocenters. The van der Waals surface area contributed by atoms with Crippen LogP contribution in [0.4, 0.5) is 0 Å². The van der Waals surface area contributed by atoms with Gasteiger partial charge in [-0.2, -0.15) is 0 Å². The summed E-state index contributed by atoms with van der Waals surface area (Å²) in [5.74, 6) is 1.06. The highest BCUT2D eigenvalue weighted by Gasteiger charge is 2.41. The Labute approximate surface area is 125 Å². The lowest BCUT2D eigenvalue weighted by Gasteiger charge is -2.45. The van der Waals surface area contributed by atoms with Crippen LogP contribution < -0.4 is 16.4 Å². The molecule has 3 aliphatic rings. The normalized spacial score (nSPS) is 39.6. The highest BCUT2D eigenvalue weighted by Crippen LogP contribution is 2.39. The van der Waals surface area contributed by atoms with Crippen LogP contribution in [0, 0.1) is 11.8 Å². The Morgan fingerprint density at radius 2 is 1.85 bits per heavy atom. The Morgan fingerprint density at radius 3 is 2.40 bits per heavy atom. The second-order valence-electron chi connectivity index (χ2n) is 6.38. The summed E-state index contributed by atoms with van der Waals surface area (Å²) < 4.78 is 0. The summed E-state index contributed by atoms with van der Waals surface area (Å²) in [5, 5.41) is 5.94. The summed E-state index contributed by atoms with van der Waals surface area (Å²) in [7, 11) is 0. The number of nitrogens with one attached hydrogen (secondary N) is 2. The first kappa shape index (κ1) is 15.6. The Hall–Kier alpha value is -0.810. The number of rotatable bonds is 2. The van der Waals surface area contributed by atoms with Crippen LogP contribution >= 0.6 is 12.4 Å². The van der Waals surface area contributed by atoms with Crippen molar-refractivity contribution in [3.63, 3.8) is 0 Å². The first-order valence-corrected chi connectivity index (χ1v) is 7.49. The summed E-state index contributed by atoms with van der Waals surface area (Å²) in [6, 6.07) is 0.261. The van der Waals surface area contributed by atoms with Crippen molar-refractivity contribution in [1.29, 1.82) is 0 Å². The lowest BCUT2D eigenvalue weighted by atomic mass is 9.67. The van der Waals surface area contributed by atoms with Gasteiger partial charge < -0.3 is 16.4 Å². The zero-order valence-electron chi connectivity index (χ0n) is 11.6. The maximum absolute atomic E-state index is 12.2. The minimum atomic E-state index is -0.316. The quantitative estimate of drug-likeness (QED) is 0.702. The molecule has 6 heteroatoms. The lowest BCUT2D eigenvalue weighted by molar-refractivity contribution is -0.127. The molecule has 20 heavy (non-hydrogen) atoms. The third-order valence-corrected chi connectivity index (χ3v) is 5.00. The molecule has 1 saturated heterocycles. The number of halogens is 1. The number of carbonyl (C=O) groups is 2. The number of hydrogen-bond donors (Lipinski definition) is 3. The SMILES string of the molecule is Cl.NC1CC2CCCC(C1)C2NC(=O)[C@H]1CCC(=O)N1. The van der Waals surface area contributed by atoms with Crippen LogP contribution in [0.2, 0.25) is 0 Å². The predicted molar refractivity (Wildman–Crippen MR) is 78.4 cm³/mol. The Bertz CT molecular complexity index is 377. The van der Waals surface area contributed by atoms with Crippen molar-refractivity contribution in [2.75, 3.05) is 0 Å². The van der Waals surface area contributed by atoms with Crippen molar-refractivity contribution in [2.24, 2.45) is 17.6 Å². The molecule has 2 saturated carbocycles. The summed E-state index contributed by atoms with van der Waals surface area (Å²) in [6.07, 6.45) is 6.76. The topological polar surface area (TPSA) is 84.2 Å². The van der Waals surface area contributed by atoms with Crippen LogP contribution in [0.3, 0.4) is 0 Å². The van der Waals surface area contributed by atoms with Gasteiger partial charge in [0.1, 0.15) is 6.04 Å². The van der Waals surface area contributed by atoms with Gasteiger partial charge in [-0.25, -0.2) is 0 Å². The maximum Gasteiger partial charge on any atom is 0.242 e. The number of hydrogen-bond acceptors (Lipinski definition) is 3. The maximum atomic E-state index is 12.2. The molecule has 2 bridgehead atoms. The van der Waals surface area contributed by atoms with Gasteiger partial charge >= 0.3 is 0 Å². The van der Waals surface area contributed by atoms with E-state index >= 15 is 0 Å². The van der Waals surface area contributed by atoms with E-state index in [9.17, 15) is 9.59 Å². The average molecular weight is 302 g/mol. The first-order chi connectivity index (χ1) is 9.13. The highest BCUT2D eigenvalue weighted by molar-refractivity contribution is 5.90. The van der Waals surface area contributed by atoms with E-state index in [2.05, 4.69) is 10.6 Å². The monoisotopic (exact) mass is 301 g/mol. The van der Waals surface area contributed by atoms with Crippen molar-refractivity contribution in [3.05, 3.63) is 0 Å². The average Bonchev–Trinajstić information content (AvgIpc) is 2.77. The molecule has 0 aromatic carbocycles. The molecule has 1 aliphatic heterocycles. The molecule has 3 rings (SSSR count). The molecular weight excluding hydrogens is 278 g/mol. The van der Waals surface area contributed by atoms with Crippen LogP contribution in [0.1, 0.15) is 44.9 Å². The lowest BCUT2D eigenvalue weighted by Crippen LogP contribution is -2.56. The Kier molecular flexibility index (Phi) is 4.91. The van der Waals surface area contributed by atoms with Gasteiger partial charge in [-0.1, -0.05) is 6.42 Å². The molecule has 5 nitrogen and oxygen atoms in total. The van der Waals surface area contributed by atoms with E-state index in [1.165, 1.54) is 19.3 Å². The molecular formula is C14H24ClN3O2. The second kappa shape index (κ2) is 6.31. The van der Waals surface area contributed by atoms with E-state index in [-0.39, 0.29) is 36.3 Å². The molecule has 3 fully saturated rings. The molecule has 0 aromatic heterocycles. The van der Waals surface area contributed by atoms with E-state index in [0.717, 1.165) is 12.8 Å². The number of amides is 2. The van der Waals surface area contributed by atoms with Gasteiger partial charge in [0.15, 0.2) is 0 Å². The predicted octanol–water partition coefficient (Wildman–Crippen LogP) is 0.709. The minimum Gasteiger partial charge on any atom is -0.351 e. The summed E-state index contributed by atoms with van der Waals surface area (Å²) in [6.45, 7) is 0. The van der Waals surface area contributed by atoms with Crippen LogP contribution in [0.25, 0.3) is 0 Å². The van der Waals surface area contributed by atoms with Crippen molar-refractivity contribution < 1.29 is 9.59 Å². The van der Waals surface area contributed by atoms with E-state index in [1.54, 1.807) is 0 Å². The van der Waals surface area contributed by atoms with Crippen LogP contribution in [0.5, 0.6) is 0 Å². The third kappa shape index (κ3) is 3.09. The summed E-state index contributed by atoms with van der Waals surface area (Å²) >= 11 is 0. The van der Waals surface area contributed by atoms with Crippen molar-refractivity contribution in [3.8, 4) is 0 Å². The van der Waals surface area contributed by atoms with Crippen LogP contribution in [-0.4, -0.2) is 29.9 Å². The fourth-order valence-corrected chi connectivity index (χ4v) is 4.10. The molecule has 0 radical (unpaired) electrons. The Morgan fingerprint density at radius 1 is 1.20 bits per heavy atom. The molecule has 4 N–H and O–H groups in total. The van der Waals surface area contributed by atoms with Crippen LogP contribution in [-0.2, 0) is 9.59 Å². The minimum absolute atomic E-state index is 0. The fraction of sp³-hybridized carbons (Fsp3) is 0.857. The number of carbonyl (C=O) groups excluding carboxylic acids is 2. The van der Waals surface area contributed by atoms with Gasteiger partial charge in [0.05, 0.1) is 0 Å². The smallest absolute Gasteiger partial charge is 0.242 e. The fourth-order valence-electron chi connectivity index (χ4n) is 4.10. The number of nitrogens with two attached hydrogens (primary N) is 1. The Balaban J connectivity index is 0.00000147. The molecule has 114 valence electrons. The molecule has 3 atom stereocenters. The zero-order valence-corrected chi connectivity index (χ0v) is 12.5. The molecule has 1 heterocycles. The second-order valence-corrected chi connectivity index (χ2v) is 6.38. The van der Waals surface area contributed by atoms with Crippen molar-refractivity contribution in [2.45, 2.75) is 63.1 Å². The van der Waals surface area contributed by atoms with Gasteiger partial charge in [0, 0.05) is 18.5 Å². The van der Waals surface area contributed by atoms with Gasteiger partial charge in [-0.05, 0) is 43.9 Å². The zero-order chi connectivity index (χ0) is 13.4. The molecule has 2 aliphatic carbocycles. The first-order valence-electron chi connectivity index (χ1n) is 7.49. The van der Waals surface area contributed by atoms with E-state index in [1.807, 2.05) is 0 Å². The van der Waals surface area contributed by atoms with Crippen molar-refractivity contribution in [1.82, 2.24) is 10.6 Å². The highest BCUT2D eigenvalue weighted by atomic mass is 35.5. The van der Waals surface area contributed by atoms with Gasteiger partial charge in [0.2, 0.25) is 11.8 Å². The largest absolute Gasteiger partial charge is 0.351 e. The molecule has 0 spiro atoms. The van der Waals surface area contributed by atoms with E-state index in [0.29, 0.717) is 30.7 Å². The van der Waals surface area contributed by atoms with Gasteiger partial charge in [0.25, 0.3) is 0 Å². The standard InChI is InChI=1S/C14H23N3O2.ClH/c15-10-6-8-2-1-3-9(7-10)13(8)17-14(19)11-4-5-12(18)16-11;/h8-11,13H,1-7,15H2,(H,16,18)(H,17,19);1H/t8?,9?,10?,11-,13?;/m1./s1. The molecule has 0 aromatic rings. The summed E-state index contributed by atoms with van der Waals surface area (Å²) in [5.41, 5.74) is 6.09. The van der Waals surface area contributed by atoms with Crippen LogP contribution in [0.15, 0.2) is 0 Å². The van der Waals surface area contributed by atoms with Gasteiger partial charge in [-0.15, -0.1) is 12.4 Å². The van der Waals surface area contributed by atoms with Crippen molar-refractivity contribution >= 4 is 24.2 Å². The van der Waals surface area contributed by atoms with E-state index in [4.69, 9.17) is 5.73 Å². The third-order valence-electron chi connectivity index (χ3n) is 5.00.